The van der Waals surface area contributed by atoms with Crippen LogP contribution in [0.25, 0.3) is 11.2 Å². The summed E-state index contributed by atoms with van der Waals surface area (Å²) in [5.74, 6) is -2.97. The van der Waals surface area contributed by atoms with Crippen LogP contribution in [-0.2, 0) is 9.53 Å². The minimum Gasteiger partial charge on any atom is -0.388 e. The molecule has 35 heavy (non-hydrogen) atoms. The van der Waals surface area contributed by atoms with E-state index in [9.17, 15) is 23.5 Å². The van der Waals surface area contributed by atoms with E-state index in [0.717, 1.165) is 0 Å². The average Bonchev–Trinajstić information content (AvgIpc) is 3.28. The van der Waals surface area contributed by atoms with Crippen molar-refractivity contribution in [2.24, 2.45) is 0 Å². The van der Waals surface area contributed by atoms with E-state index in [1.54, 1.807) is 18.2 Å². The van der Waals surface area contributed by atoms with Gasteiger partial charge in [-0.1, -0.05) is 6.58 Å². The number of aliphatic hydroxyl groups is 1. The SMILES string of the molecule is C=CC(=O)N1CC[C@@H](Nc2cnc3[nH]cc(C(=O)NCC4(O)CCC(F)(F)CC4)c3n2)[C@@H](OC)C1. The zero-order chi connectivity index (χ0) is 25.2. The molecule has 190 valence electrons. The van der Waals surface area contributed by atoms with Gasteiger partial charge in [-0.2, -0.15) is 0 Å². The van der Waals surface area contributed by atoms with Crippen LogP contribution in [0.5, 0.6) is 0 Å². The molecule has 1 saturated heterocycles. The molecule has 1 aliphatic carbocycles. The Hall–Kier alpha value is -3.12. The number of methoxy groups -OCH3 is 1. The number of piperidine rings is 1. The molecule has 2 aromatic heterocycles. The van der Waals surface area contributed by atoms with Crippen molar-refractivity contribution in [3.05, 3.63) is 30.6 Å². The smallest absolute Gasteiger partial charge is 0.255 e. The van der Waals surface area contributed by atoms with Crippen molar-refractivity contribution in [1.29, 1.82) is 0 Å². The van der Waals surface area contributed by atoms with E-state index >= 15 is 0 Å². The number of fused-ring (bicyclic) bond motifs is 1. The van der Waals surface area contributed by atoms with E-state index in [1.807, 2.05) is 0 Å². The van der Waals surface area contributed by atoms with Crippen LogP contribution in [0.2, 0.25) is 0 Å². The molecule has 2 amide bonds. The molecule has 2 aliphatic rings. The van der Waals surface area contributed by atoms with Crippen LogP contribution in [0.15, 0.2) is 25.0 Å². The predicted molar refractivity (Wildman–Crippen MR) is 124 cm³/mol. The zero-order valence-corrected chi connectivity index (χ0v) is 19.5. The lowest BCUT2D eigenvalue weighted by molar-refractivity contribution is -0.129. The molecule has 12 heteroatoms. The Bertz CT molecular complexity index is 1100. The normalized spacial score (nSPS) is 23.6. The average molecular weight is 493 g/mol. The summed E-state index contributed by atoms with van der Waals surface area (Å²) in [5, 5.41) is 16.5. The van der Waals surface area contributed by atoms with Crippen molar-refractivity contribution in [3.63, 3.8) is 0 Å². The number of hydrogen-bond donors (Lipinski definition) is 4. The summed E-state index contributed by atoms with van der Waals surface area (Å²) in [6, 6.07) is -0.129. The highest BCUT2D eigenvalue weighted by Crippen LogP contribution is 2.38. The highest BCUT2D eigenvalue weighted by atomic mass is 19.3. The Kier molecular flexibility index (Phi) is 7.04. The third kappa shape index (κ3) is 5.59. The third-order valence-electron chi connectivity index (χ3n) is 6.80. The number of halogens is 2. The number of anilines is 1. The number of nitrogens with zero attached hydrogens (tertiary/aromatic N) is 3. The molecule has 3 heterocycles. The standard InChI is InChI=1S/C23H30F2N6O4/c1-3-18(32)31-9-4-15(16(12-31)35-2)29-17-11-27-20-19(30-17)14(10-26-20)21(33)28-13-22(34)5-7-23(24,25)8-6-22/h3,10-11,15-16,34H,1,4-9,12-13H2,2H3,(H,26,27)(H,28,33)(H,29,30)/t15-,16+/m1/s1. The van der Waals surface area contributed by atoms with Crippen LogP contribution in [0, 0.1) is 0 Å². The van der Waals surface area contributed by atoms with Crippen LogP contribution >= 0.6 is 0 Å². The molecule has 2 fully saturated rings. The van der Waals surface area contributed by atoms with Gasteiger partial charge in [0.2, 0.25) is 11.8 Å². The van der Waals surface area contributed by atoms with Crippen LogP contribution < -0.4 is 10.6 Å². The van der Waals surface area contributed by atoms with Crippen molar-refractivity contribution in [3.8, 4) is 0 Å². The number of H-pyrrole nitrogens is 1. The first-order chi connectivity index (χ1) is 16.6. The first-order valence-corrected chi connectivity index (χ1v) is 11.6. The number of carbonyl (C=O) groups excluding carboxylic acids is 2. The maximum atomic E-state index is 13.4. The van der Waals surface area contributed by atoms with Gasteiger partial charge in [0, 0.05) is 45.8 Å². The predicted octanol–water partition coefficient (Wildman–Crippen LogP) is 1.84. The van der Waals surface area contributed by atoms with Gasteiger partial charge in [0.1, 0.15) is 11.3 Å². The summed E-state index contributed by atoms with van der Waals surface area (Å²) in [7, 11) is 1.58. The minimum atomic E-state index is -2.77. The lowest BCUT2D eigenvalue weighted by Crippen LogP contribution is -2.52. The molecule has 1 saturated carbocycles. The van der Waals surface area contributed by atoms with Crippen LogP contribution in [0.1, 0.15) is 42.5 Å². The Balaban J connectivity index is 1.42. The number of rotatable bonds is 7. The monoisotopic (exact) mass is 492 g/mol. The summed E-state index contributed by atoms with van der Waals surface area (Å²) in [4.78, 5) is 38.2. The molecular formula is C23H30F2N6O4. The quantitative estimate of drug-likeness (QED) is 0.434. The van der Waals surface area contributed by atoms with Gasteiger partial charge in [-0.05, 0) is 25.3 Å². The molecule has 10 nitrogen and oxygen atoms in total. The van der Waals surface area contributed by atoms with Crippen molar-refractivity contribution in [2.75, 3.05) is 32.1 Å². The van der Waals surface area contributed by atoms with E-state index in [1.165, 1.54) is 12.3 Å². The number of alkyl halides is 2. The second-order valence-electron chi connectivity index (χ2n) is 9.22. The second kappa shape index (κ2) is 9.86. The maximum absolute atomic E-state index is 13.4. The fraction of sp³-hybridized carbons (Fsp3) is 0.565. The first kappa shape index (κ1) is 25.0. The second-order valence-corrected chi connectivity index (χ2v) is 9.22. The molecule has 0 aromatic carbocycles. The van der Waals surface area contributed by atoms with Gasteiger partial charge < -0.3 is 30.4 Å². The Morgan fingerprint density at radius 2 is 2.11 bits per heavy atom. The molecule has 0 radical (unpaired) electrons. The van der Waals surface area contributed by atoms with Crippen molar-refractivity contribution < 1.29 is 28.2 Å². The third-order valence-corrected chi connectivity index (χ3v) is 6.80. The summed E-state index contributed by atoms with van der Waals surface area (Å²) in [5.41, 5.74) is -0.385. The topological polar surface area (TPSA) is 132 Å². The highest BCUT2D eigenvalue weighted by molar-refractivity contribution is 6.04. The molecule has 0 unspecified atom stereocenters. The van der Waals surface area contributed by atoms with Crippen LogP contribution in [0.3, 0.4) is 0 Å². The summed E-state index contributed by atoms with van der Waals surface area (Å²) >= 11 is 0. The number of aromatic amines is 1. The molecule has 4 rings (SSSR count). The molecular weight excluding hydrogens is 462 g/mol. The molecule has 0 spiro atoms. The summed E-state index contributed by atoms with van der Waals surface area (Å²) in [6.45, 7) is 4.33. The number of aromatic nitrogens is 3. The Labute approximate surface area is 201 Å². The van der Waals surface area contributed by atoms with E-state index in [-0.39, 0.29) is 43.0 Å². The lowest BCUT2D eigenvalue weighted by Gasteiger charge is -2.37. The van der Waals surface area contributed by atoms with Crippen LogP contribution in [0.4, 0.5) is 14.6 Å². The molecule has 4 N–H and O–H groups in total. The largest absolute Gasteiger partial charge is 0.388 e. The van der Waals surface area contributed by atoms with E-state index < -0.39 is 30.3 Å². The molecule has 0 bridgehead atoms. The number of amides is 2. The first-order valence-electron chi connectivity index (χ1n) is 11.6. The van der Waals surface area contributed by atoms with Crippen molar-refractivity contribution >= 4 is 28.8 Å². The maximum Gasteiger partial charge on any atom is 0.255 e. The fourth-order valence-corrected chi connectivity index (χ4v) is 4.57. The van der Waals surface area contributed by atoms with Gasteiger partial charge in [-0.15, -0.1) is 0 Å². The van der Waals surface area contributed by atoms with Crippen molar-refractivity contribution in [2.45, 2.75) is 55.8 Å². The lowest BCUT2D eigenvalue weighted by atomic mass is 9.82. The summed E-state index contributed by atoms with van der Waals surface area (Å²) < 4.78 is 32.4. The number of hydrogen-bond acceptors (Lipinski definition) is 7. The Morgan fingerprint density at radius 1 is 1.37 bits per heavy atom. The number of likely N-dealkylation sites (tertiary alicyclic amines) is 1. The molecule has 2 atom stereocenters. The van der Waals surface area contributed by atoms with Gasteiger partial charge in [0.05, 0.1) is 29.5 Å². The van der Waals surface area contributed by atoms with Gasteiger partial charge in [0.25, 0.3) is 5.91 Å². The fourth-order valence-electron chi connectivity index (χ4n) is 4.57. The highest BCUT2D eigenvalue weighted by Gasteiger charge is 2.42. The summed E-state index contributed by atoms with van der Waals surface area (Å²) in [6.07, 6.45) is 3.66. The van der Waals surface area contributed by atoms with Gasteiger partial charge >= 0.3 is 0 Å². The number of carbonyl (C=O) groups is 2. The van der Waals surface area contributed by atoms with Gasteiger partial charge in [-0.3, -0.25) is 9.59 Å². The van der Waals surface area contributed by atoms with E-state index in [0.29, 0.717) is 36.5 Å². The van der Waals surface area contributed by atoms with E-state index in [2.05, 4.69) is 32.2 Å². The number of ether oxygens (including phenoxy) is 1. The zero-order valence-electron chi connectivity index (χ0n) is 19.5. The number of nitrogens with one attached hydrogen (secondary N) is 3. The van der Waals surface area contributed by atoms with Crippen molar-refractivity contribution in [1.82, 2.24) is 25.2 Å². The minimum absolute atomic E-state index is 0.0834. The van der Waals surface area contributed by atoms with Gasteiger partial charge in [-0.25, -0.2) is 18.7 Å². The Morgan fingerprint density at radius 3 is 2.80 bits per heavy atom. The van der Waals surface area contributed by atoms with E-state index in [4.69, 9.17) is 4.74 Å². The van der Waals surface area contributed by atoms with Crippen LogP contribution in [-0.4, -0.2) is 87.2 Å². The van der Waals surface area contributed by atoms with Gasteiger partial charge in [0.15, 0.2) is 5.65 Å². The molecule has 2 aromatic rings. The molecule has 1 aliphatic heterocycles.